The van der Waals surface area contributed by atoms with E-state index in [2.05, 4.69) is 0 Å². The van der Waals surface area contributed by atoms with Gasteiger partial charge in [-0.3, -0.25) is 5.41 Å². The number of nitrogens with one attached hydrogen (secondary N) is 1. The molecule has 1 aliphatic rings. The van der Waals surface area contributed by atoms with Gasteiger partial charge in [0, 0.05) is 24.9 Å². The summed E-state index contributed by atoms with van der Waals surface area (Å²) < 4.78 is 44.3. The Hall–Kier alpha value is -1.76. The molecule has 1 aliphatic heterocycles. The van der Waals surface area contributed by atoms with Crippen LogP contribution < -0.4 is 10.6 Å². The fourth-order valence-corrected chi connectivity index (χ4v) is 2.26. The van der Waals surface area contributed by atoms with Gasteiger partial charge in [-0.1, -0.05) is 0 Å². The van der Waals surface area contributed by atoms with E-state index in [4.69, 9.17) is 15.9 Å². The third-order valence-corrected chi connectivity index (χ3v) is 3.46. The monoisotopic (exact) mass is 287 g/mol. The van der Waals surface area contributed by atoms with Crippen molar-refractivity contribution >= 4 is 11.5 Å². The standard InChI is InChI=1S/C13H16F3N3O/c1-19(9-4-5-20-7-9)8-2-3-10(12(17)18)11(6-8)13(14,15)16/h2-3,6,9H,4-5,7H2,1H3,(H3,17,18). The zero-order valence-corrected chi connectivity index (χ0v) is 11.0. The summed E-state index contributed by atoms with van der Waals surface area (Å²) >= 11 is 0. The Balaban J connectivity index is 2.38. The summed E-state index contributed by atoms with van der Waals surface area (Å²) in [5, 5.41) is 7.25. The van der Waals surface area contributed by atoms with E-state index in [1.807, 2.05) is 0 Å². The van der Waals surface area contributed by atoms with Gasteiger partial charge in [0.05, 0.1) is 18.2 Å². The highest BCUT2D eigenvalue weighted by Crippen LogP contribution is 2.35. The molecule has 1 aromatic rings. The van der Waals surface area contributed by atoms with E-state index in [-0.39, 0.29) is 11.6 Å². The van der Waals surface area contributed by atoms with E-state index in [1.165, 1.54) is 6.07 Å². The van der Waals surface area contributed by atoms with E-state index in [0.717, 1.165) is 12.5 Å². The number of halogens is 3. The minimum absolute atomic E-state index is 0.0688. The van der Waals surface area contributed by atoms with Gasteiger partial charge in [0.15, 0.2) is 0 Å². The molecule has 4 nitrogen and oxygen atoms in total. The summed E-state index contributed by atoms with van der Waals surface area (Å²) in [6, 6.07) is 3.89. The van der Waals surface area contributed by atoms with E-state index in [0.29, 0.717) is 18.9 Å². The van der Waals surface area contributed by atoms with Crippen molar-refractivity contribution in [3.8, 4) is 0 Å². The number of likely N-dealkylation sites (N-methyl/N-ethyl adjacent to an activating group) is 1. The molecule has 0 spiro atoms. The summed E-state index contributed by atoms with van der Waals surface area (Å²) in [6.45, 7) is 1.12. The first-order valence-corrected chi connectivity index (χ1v) is 6.17. The first-order valence-electron chi connectivity index (χ1n) is 6.17. The molecule has 2 rings (SSSR count). The highest BCUT2D eigenvalue weighted by molar-refractivity contribution is 5.97. The molecular formula is C13H16F3N3O. The van der Waals surface area contributed by atoms with Crippen molar-refractivity contribution in [1.29, 1.82) is 5.41 Å². The molecule has 0 aromatic heterocycles. The minimum atomic E-state index is -4.54. The number of benzene rings is 1. The van der Waals surface area contributed by atoms with Crippen molar-refractivity contribution in [2.45, 2.75) is 18.6 Å². The van der Waals surface area contributed by atoms with Crippen LogP contribution in [0.15, 0.2) is 18.2 Å². The maximum Gasteiger partial charge on any atom is 0.417 e. The van der Waals surface area contributed by atoms with Crippen LogP contribution in [0.25, 0.3) is 0 Å². The van der Waals surface area contributed by atoms with Crippen LogP contribution in [-0.4, -0.2) is 32.1 Å². The van der Waals surface area contributed by atoms with Gasteiger partial charge in [-0.2, -0.15) is 13.2 Å². The van der Waals surface area contributed by atoms with Crippen LogP contribution in [0.2, 0.25) is 0 Å². The van der Waals surface area contributed by atoms with Gasteiger partial charge < -0.3 is 15.4 Å². The SMILES string of the molecule is CN(c1ccc(C(=N)N)c(C(F)(F)F)c1)C1CCOC1. The lowest BCUT2D eigenvalue weighted by Crippen LogP contribution is -2.32. The molecule has 1 heterocycles. The second-order valence-corrected chi connectivity index (χ2v) is 4.77. The van der Waals surface area contributed by atoms with E-state index < -0.39 is 17.6 Å². The largest absolute Gasteiger partial charge is 0.417 e. The zero-order chi connectivity index (χ0) is 14.9. The third kappa shape index (κ3) is 2.87. The van der Waals surface area contributed by atoms with Crippen LogP contribution in [0.4, 0.5) is 18.9 Å². The molecule has 1 saturated heterocycles. The molecular weight excluding hydrogens is 271 g/mol. The van der Waals surface area contributed by atoms with Crippen molar-refractivity contribution in [1.82, 2.24) is 0 Å². The van der Waals surface area contributed by atoms with Crippen LogP contribution >= 0.6 is 0 Å². The molecule has 0 bridgehead atoms. The van der Waals surface area contributed by atoms with Crippen molar-refractivity contribution < 1.29 is 17.9 Å². The number of hydrogen-bond donors (Lipinski definition) is 2. The quantitative estimate of drug-likeness (QED) is 0.662. The normalized spacial score (nSPS) is 19.1. The number of hydrogen-bond acceptors (Lipinski definition) is 3. The van der Waals surface area contributed by atoms with E-state index in [9.17, 15) is 13.2 Å². The topological polar surface area (TPSA) is 62.3 Å². The van der Waals surface area contributed by atoms with Gasteiger partial charge in [0.2, 0.25) is 0 Å². The van der Waals surface area contributed by atoms with Gasteiger partial charge >= 0.3 is 6.18 Å². The summed E-state index contributed by atoms with van der Waals surface area (Å²) in [7, 11) is 1.74. The summed E-state index contributed by atoms with van der Waals surface area (Å²) in [5.41, 5.74) is 4.48. The molecule has 110 valence electrons. The molecule has 1 fully saturated rings. The summed E-state index contributed by atoms with van der Waals surface area (Å²) in [6.07, 6.45) is -3.75. The van der Waals surface area contributed by atoms with Crippen molar-refractivity contribution in [2.75, 3.05) is 25.2 Å². The number of amidine groups is 1. The Labute approximate surface area is 114 Å². The molecule has 0 aliphatic carbocycles. The Bertz CT molecular complexity index is 510. The molecule has 7 heteroatoms. The van der Waals surface area contributed by atoms with Crippen molar-refractivity contribution in [3.63, 3.8) is 0 Å². The van der Waals surface area contributed by atoms with Gasteiger partial charge in [-0.05, 0) is 24.6 Å². The molecule has 0 amide bonds. The lowest BCUT2D eigenvalue weighted by atomic mass is 10.0. The number of alkyl halides is 3. The fourth-order valence-electron chi connectivity index (χ4n) is 2.26. The van der Waals surface area contributed by atoms with Gasteiger partial charge in [-0.25, -0.2) is 0 Å². The number of ether oxygens (including phenoxy) is 1. The van der Waals surface area contributed by atoms with Crippen molar-refractivity contribution in [2.24, 2.45) is 5.73 Å². The maximum absolute atomic E-state index is 13.0. The number of nitrogens with two attached hydrogens (primary N) is 1. The highest BCUT2D eigenvalue weighted by Gasteiger charge is 2.35. The smallest absolute Gasteiger partial charge is 0.384 e. The van der Waals surface area contributed by atoms with Gasteiger partial charge in [0.1, 0.15) is 5.84 Å². The zero-order valence-electron chi connectivity index (χ0n) is 11.0. The predicted octanol–water partition coefficient (Wildman–Crippen LogP) is 2.21. The van der Waals surface area contributed by atoms with E-state index in [1.54, 1.807) is 18.0 Å². The van der Waals surface area contributed by atoms with Gasteiger partial charge in [-0.15, -0.1) is 0 Å². The average molecular weight is 287 g/mol. The first kappa shape index (κ1) is 14.6. The molecule has 20 heavy (non-hydrogen) atoms. The predicted molar refractivity (Wildman–Crippen MR) is 70.1 cm³/mol. The molecule has 0 saturated carbocycles. The third-order valence-electron chi connectivity index (χ3n) is 3.46. The van der Waals surface area contributed by atoms with E-state index >= 15 is 0 Å². The van der Waals surface area contributed by atoms with Crippen LogP contribution in [0.3, 0.4) is 0 Å². The Morgan fingerprint density at radius 3 is 2.65 bits per heavy atom. The first-order chi connectivity index (χ1) is 9.30. The second kappa shape index (κ2) is 5.32. The highest BCUT2D eigenvalue weighted by atomic mass is 19.4. The van der Waals surface area contributed by atoms with Crippen LogP contribution in [0, 0.1) is 5.41 Å². The molecule has 1 unspecified atom stereocenters. The number of nitrogens with zero attached hydrogens (tertiary/aromatic N) is 1. The molecule has 0 radical (unpaired) electrons. The van der Waals surface area contributed by atoms with Gasteiger partial charge in [0.25, 0.3) is 0 Å². The second-order valence-electron chi connectivity index (χ2n) is 4.77. The van der Waals surface area contributed by atoms with Crippen LogP contribution in [0.5, 0.6) is 0 Å². The number of nitrogen functional groups attached to an aromatic ring is 1. The summed E-state index contributed by atoms with van der Waals surface area (Å²) in [5.74, 6) is -0.587. The Morgan fingerprint density at radius 1 is 1.45 bits per heavy atom. The molecule has 3 N–H and O–H groups in total. The molecule has 1 aromatic carbocycles. The molecule has 1 atom stereocenters. The number of anilines is 1. The fraction of sp³-hybridized carbons (Fsp3) is 0.462. The van der Waals surface area contributed by atoms with Crippen LogP contribution in [0.1, 0.15) is 17.5 Å². The lowest BCUT2D eigenvalue weighted by Gasteiger charge is -2.26. The average Bonchev–Trinajstić information content (AvgIpc) is 2.89. The van der Waals surface area contributed by atoms with Crippen LogP contribution in [-0.2, 0) is 10.9 Å². The Morgan fingerprint density at radius 2 is 2.15 bits per heavy atom. The lowest BCUT2D eigenvalue weighted by molar-refractivity contribution is -0.137. The maximum atomic E-state index is 13.0. The number of rotatable bonds is 3. The Kier molecular flexibility index (Phi) is 3.89. The summed E-state index contributed by atoms with van der Waals surface area (Å²) in [4.78, 5) is 1.77. The van der Waals surface area contributed by atoms with Crippen molar-refractivity contribution in [3.05, 3.63) is 29.3 Å². The minimum Gasteiger partial charge on any atom is -0.384 e.